The Labute approximate surface area is 170 Å². The van der Waals surface area contributed by atoms with Crippen LogP contribution in [0.2, 0.25) is 0 Å². The van der Waals surface area contributed by atoms with E-state index in [1.54, 1.807) is 0 Å². The second kappa shape index (κ2) is 16.5. The van der Waals surface area contributed by atoms with Gasteiger partial charge in [0, 0.05) is 32.2 Å². The molecule has 0 saturated carbocycles. The molecule has 1 unspecified atom stereocenters. The molecule has 0 fully saturated rings. The molecule has 0 heterocycles. The summed E-state index contributed by atoms with van der Waals surface area (Å²) < 4.78 is 55.0. The smallest absolute Gasteiger partial charge is 0.328 e. The van der Waals surface area contributed by atoms with Crippen molar-refractivity contribution >= 4 is 0 Å². The molecule has 170 valence electrons. The Balaban J connectivity index is 4.80. The first-order valence-corrected chi connectivity index (χ1v) is 11.3. The van der Waals surface area contributed by atoms with E-state index in [4.69, 9.17) is 14.2 Å². The summed E-state index contributed by atoms with van der Waals surface area (Å²) in [4.78, 5) is 0. The third kappa shape index (κ3) is 13.0. The predicted molar refractivity (Wildman–Crippen MR) is 108 cm³/mol. The van der Waals surface area contributed by atoms with Crippen molar-refractivity contribution in [3.63, 3.8) is 0 Å². The van der Waals surface area contributed by atoms with E-state index in [0.29, 0.717) is 26.2 Å². The van der Waals surface area contributed by atoms with Crippen molar-refractivity contribution < 1.29 is 27.4 Å². The van der Waals surface area contributed by atoms with Crippen molar-refractivity contribution in [2.24, 2.45) is 5.92 Å². The fourth-order valence-electron chi connectivity index (χ4n) is 3.64. The zero-order chi connectivity index (χ0) is 21.3. The molecule has 0 aromatic heterocycles. The Bertz CT molecular complexity index is 331. The summed E-state index contributed by atoms with van der Waals surface area (Å²) in [5.41, 5.74) is 0. The van der Waals surface area contributed by atoms with Crippen molar-refractivity contribution in [3.8, 4) is 0 Å². The molecule has 0 spiro atoms. The van der Waals surface area contributed by atoms with E-state index >= 15 is 0 Å². The summed E-state index contributed by atoms with van der Waals surface area (Å²) in [5.74, 6) is -1.05. The maximum absolute atomic E-state index is 12.4. The van der Waals surface area contributed by atoms with E-state index in [2.05, 4.69) is 6.92 Å². The summed E-state index contributed by atoms with van der Waals surface area (Å²) in [7, 11) is 0. The van der Waals surface area contributed by atoms with E-state index in [1.807, 2.05) is 20.8 Å². The van der Waals surface area contributed by atoms with Crippen LogP contribution in [-0.2, 0) is 14.2 Å². The summed E-state index contributed by atoms with van der Waals surface area (Å²) in [5, 5.41) is 0. The van der Waals surface area contributed by atoms with Crippen molar-refractivity contribution in [1.29, 1.82) is 0 Å². The largest absolute Gasteiger partial charge is 0.389 e. The van der Waals surface area contributed by atoms with Gasteiger partial charge in [-0.15, -0.1) is 0 Å². The Kier molecular flexibility index (Phi) is 16.3. The lowest BCUT2D eigenvalue weighted by Crippen LogP contribution is -2.46. The van der Waals surface area contributed by atoms with Crippen LogP contribution < -0.4 is 0 Å². The van der Waals surface area contributed by atoms with E-state index in [-0.39, 0.29) is 12.3 Å². The topological polar surface area (TPSA) is 27.7 Å². The van der Waals surface area contributed by atoms with Crippen LogP contribution in [0.5, 0.6) is 0 Å². The standard InChI is InChI=1S/C22H43F3O3/c1-5-9-10-11-12-14-17-20(18-15-13-16-19-21(23,24)25)22(26-6-2,27-7-3)28-8-4/h20H,5-19H2,1-4H3. The number of hydrogen-bond acceptors (Lipinski definition) is 3. The van der Waals surface area contributed by atoms with Crippen LogP contribution in [-0.4, -0.2) is 32.0 Å². The van der Waals surface area contributed by atoms with Crippen molar-refractivity contribution in [2.75, 3.05) is 19.8 Å². The maximum atomic E-state index is 12.4. The number of rotatable bonds is 19. The quantitative estimate of drug-likeness (QED) is 0.161. The summed E-state index contributed by atoms with van der Waals surface area (Å²) in [6, 6.07) is 0. The van der Waals surface area contributed by atoms with Crippen LogP contribution in [0.4, 0.5) is 13.2 Å². The minimum Gasteiger partial charge on any atom is -0.328 e. The summed E-state index contributed by atoms with van der Waals surface area (Å²) in [6.07, 6.45) is 5.55. The molecule has 0 rings (SSSR count). The van der Waals surface area contributed by atoms with Crippen LogP contribution in [0.15, 0.2) is 0 Å². The summed E-state index contributed by atoms with van der Waals surface area (Å²) >= 11 is 0. The third-order valence-corrected chi connectivity index (χ3v) is 4.96. The first-order valence-electron chi connectivity index (χ1n) is 11.3. The lowest BCUT2D eigenvalue weighted by atomic mass is 9.91. The van der Waals surface area contributed by atoms with E-state index in [9.17, 15) is 13.2 Å². The fourth-order valence-corrected chi connectivity index (χ4v) is 3.64. The second-order valence-corrected chi connectivity index (χ2v) is 7.37. The molecule has 0 bridgehead atoms. The van der Waals surface area contributed by atoms with Crippen LogP contribution >= 0.6 is 0 Å². The van der Waals surface area contributed by atoms with Crippen LogP contribution in [0.25, 0.3) is 0 Å². The van der Waals surface area contributed by atoms with Crippen molar-refractivity contribution in [2.45, 2.75) is 117 Å². The molecule has 0 saturated heterocycles. The Hall–Kier alpha value is -0.330. The number of unbranched alkanes of at least 4 members (excludes halogenated alkanes) is 7. The molecule has 0 N–H and O–H groups in total. The SMILES string of the molecule is CCCCCCCCC(CCCCCC(F)(F)F)C(OCC)(OCC)OCC. The minimum atomic E-state index is -4.07. The molecule has 0 aliphatic heterocycles. The number of halogens is 3. The van der Waals surface area contributed by atoms with Gasteiger partial charge in [-0.25, -0.2) is 0 Å². The molecule has 1 atom stereocenters. The van der Waals surface area contributed by atoms with Gasteiger partial charge in [-0.05, 0) is 40.0 Å². The number of hydrogen-bond donors (Lipinski definition) is 0. The van der Waals surface area contributed by atoms with Gasteiger partial charge in [-0.1, -0.05) is 58.3 Å². The minimum absolute atomic E-state index is 0.0319. The van der Waals surface area contributed by atoms with Gasteiger partial charge in [-0.2, -0.15) is 13.2 Å². The molecule has 0 aromatic rings. The fraction of sp³-hybridized carbons (Fsp3) is 1.00. The molecule has 0 aromatic carbocycles. The molecule has 0 amide bonds. The van der Waals surface area contributed by atoms with Crippen LogP contribution in [0, 0.1) is 5.92 Å². The second-order valence-electron chi connectivity index (χ2n) is 7.37. The van der Waals surface area contributed by atoms with Gasteiger partial charge in [0.05, 0.1) is 0 Å². The highest BCUT2D eigenvalue weighted by atomic mass is 19.4. The molecule has 0 radical (unpaired) electrons. The van der Waals surface area contributed by atoms with Gasteiger partial charge >= 0.3 is 6.18 Å². The van der Waals surface area contributed by atoms with Gasteiger partial charge in [0.1, 0.15) is 0 Å². The molecule has 0 aliphatic carbocycles. The first kappa shape index (κ1) is 27.7. The van der Waals surface area contributed by atoms with E-state index in [0.717, 1.165) is 32.1 Å². The average Bonchev–Trinajstić information content (AvgIpc) is 2.62. The molecule has 6 heteroatoms. The number of alkyl halides is 3. The van der Waals surface area contributed by atoms with Crippen LogP contribution in [0.1, 0.15) is 105 Å². The molecule has 28 heavy (non-hydrogen) atoms. The predicted octanol–water partition coefficient (Wildman–Crippen LogP) is 7.63. The lowest BCUT2D eigenvalue weighted by molar-refractivity contribution is -0.403. The zero-order valence-electron chi connectivity index (χ0n) is 18.5. The highest BCUT2D eigenvalue weighted by Gasteiger charge is 2.41. The van der Waals surface area contributed by atoms with E-state index < -0.39 is 18.6 Å². The number of ether oxygens (including phenoxy) is 3. The Morgan fingerprint density at radius 3 is 1.46 bits per heavy atom. The average molecular weight is 413 g/mol. The van der Waals surface area contributed by atoms with Gasteiger partial charge in [0.25, 0.3) is 5.97 Å². The normalized spacial score (nSPS) is 13.8. The molecule has 0 aliphatic rings. The zero-order valence-corrected chi connectivity index (χ0v) is 18.5. The molecular weight excluding hydrogens is 369 g/mol. The van der Waals surface area contributed by atoms with Gasteiger partial charge in [-0.3, -0.25) is 0 Å². The van der Waals surface area contributed by atoms with Gasteiger partial charge in [0.15, 0.2) is 0 Å². The van der Waals surface area contributed by atoms with Crippen LogP contribution in [0.3, 0.4) is 0 Å². The third-order valence-electron chi connectivity index (χ3n) is 4.96. The Morgan fingerprint density at radius 1 is 0.607 bits per heavy atom. The maximum Gasteiger partial charge on any atom is 0.389 e. The molecular formula is C22H43F3O3. The molecule has 3 nitrogen and oxygen atoms in total. The summed E-state index contributed by atoms with van der Waals surface area (Å²) in [6.45, 7) is 9.37. The van der Waals surface area contributed by atoms with Gasteiger partial charge < -0.3 is 14.2 Å². The lowest BCUT2D eigenvalue weighted by Gasteiger charge is -2.39. The van der Waals surface area contributed by atoms with Crippen molar-refractivity contribution in [3.05, 3.63) is 0 Å². The van der Waals surface area contributed by atoms with Crippen molar-refractivity contribution in [1.82, 2.24) is 0 Å². The monoisotopic (exact) mass is 412 g/mol. The van der Waals surface area contributed by atoms with Gasteiger partial charge in [0.2, 0.25) is 0 Å². The Morgan fingerprint density at radius 2 is 1.04 bits per heavy atom. The highest BCUT2D eigenvalue weighted by Crippen LogP contribution is 2.35. The van der Waals surface area contributed by atoms with E-state index in [1.165, 1.54) is 25.7 Å². The highest BCUT2D eigenvalue weighted by molar-refractivity contribution is 4.73. The first-order chi connectivity index (χ1) is 13.3.